The van der Waals surface area contributed by atoms with Gasteiger partial charge in [-0.15, -0.1) is 0 Å². The van der Waals surface area contributed by atoms with Crippen molar-refractivity contribution >= 4 is 29.4 Å². The predicted molar refractivity (Wildman–Crippen MR) is 151 cm³/mol. The number of ketones is 1. The maximum absolute atomic E-state index is 13.5. The molecule has 7 heteroatoms. The van der Waals surface area contributed by atoms with Crippen molar-refractivity contribution in [1.82, 2.24) is 4.90 Å². The number of nitrogens with zero attached hydrogens (tertiary/aromatic N) is 1. The highest BCUT2D eigenvalue weighted by Gasteiger charge is 2.40. The quantitative estimate of drug-likeness (QED) is 0.301. The lowest BCUT2D eigenvalue weighted by Gasteiger charge is -2.44. The summed E-state index contributed by atoms with van der Waals surface area (Å²) in [6.07, 6.45) is 7.85. The monoisotopic (exact) mass is 531 g/mol. The van der Waals surface area contributed by atoms with Crippen LogP contribution in [0.2, 0.25) is 0 Å². The van der Waals surface area contributed by atoms with Crippen molar-refractivity contribution in [3.8, 4) is 5.75 Å². The molecule has 206 valence electrons. The molecule has 3 N–H and O–H groups in total. The van der Waals surface area contributed by atoms with Gasteiger partial charge in [0.1, 0.15) is 17.4 Å². The third-order valence-corrected chi connectivity index (χ3v) is 8.37. The first-order chi connectivity index (χ1) is 18.2. The summed E-state index contributed by atoms with van der Waals surface area (Å²) in [6.45, 7) is 11.8. The van der Waals surface area contributed by atoms with Crippen LogP contribution in [0.1, 0.15) is 96.9 Å². The summed E-state index contributed by atoms with van der Waals surface area (Å²) >= 11 is 0. The first kappa shape index (κ1) is 28.3. The van der Waals surface area contributed by atoms with Gasteiger partial charge in [0.2, 0.25) is 0 Å². The van der Waals surface area contributed by atoms with Gasteiger partial charge in [0.15, 0.2) is 5.78 Å². The van der Waals surface area contributed by atoms with E-state index in [-0.39, 0.29) is 27.9 Å². The molecule has 2 aromatic carbocycles. The Bertz CT molecular complexity index is 1400. The van der Waals surface area contributed by atoms with Gasteiger partial charge in [-0.3, -0.25) is 14.5 Å². The second-order valence-corrected chi connectivity index (χ2v) is 12.0. The van der Waals surface area contributed by atoms with Crippen LogP contribution >= 0.6 is 0 Å². The van der Waals surface area contributed by atoms with Crippen LogP contribution in [0.3, 0.4) is 0 Å². The molecule has 0 aromatic heterocycles. The Labute approximate surface area is 229 Å². The van der Waals surface area contributed by atoms with Gasteiger partial charge >= 0.3 is 11.9 Å². The Hall–Kier alpha value is -3.71. The highest BCUT2D eigenvalue weighted by atomic mass is 16.4. The number of phenols is 1. The van der Waals surface area contributed by atoms with E-state index in [0.29, 0.717) is 30.6 Å². The Balaban J connectivity index is 1.75. The standard InChI is InChI=1S/C32H37NO6/c1-19(29(36)37)33-14-10-21(11-15-33)24-17-22(18-25-28(24)32(4,5)13-12-31(25,2)3)26(34)9-7-20-6-8-23(30(38)39)27(35)16-20/h6-10,16-19,35H,11-15H2,1-5H3,(H,36,37)(H,38,39). The van der Waals surface area contributed by atoms with Crippen molar-refractivity contribution in [2.75, 3.05) is 13.1 Å². The van der Waals surface area contributed by atoms with Crippen LogP contribution in [-0.4, -0.2) is 57.1 Å². The predicted octanol–water partition coefficient (Wildman–Crippen LogP) is 5.90. The summed E-state index contributed by atoms with van der Waals surface area (Å²) in [5, 5.41) is 28.6. The smallest absolute Gasteiger partial charge is 0.339 e. The van der Waals surface area contributed by atoms with E-state index in [1.54, 1.807) is 19.1 Å². The average Bonchev–Trinajstić information content (AvgIpc) is 2.88. The molecule has 4 rings (SSSR count). The second kappa shape index (κ2) is 10.5. The van der Waals surface area contributed by atoms with Gasteiger partial charge in [0, 0.05) is 18.7 Å². The zero-order valence-electron chi connectivity index (χ0n) is 23.2. The third-order valence-electron chi connectivity index (χ3n) is 8.37. The number of rotatable bonds is 7. The molecule has 0 amide bonds. The number of aromatic carboxylic acids is 1. The number of carbonyl (C=O) groups excluding carboxylic acids is 1. The Morgan fingerprint density at radius 2 is 1.69 bits per heavy atom. The van der Waals surface area contributed by atoms with E-state index in [0.717, 1.165) is 24.0 Å². The van der Waals surface area contributed by atoms with E-state index in [9.17, 15) is 24.6 Å². The molecule has 0 bridgehead atoms. The summed E-state index contributed by atoms with van der Waals surface area (Å²) in [7, 11) is 0. The van der Waals surface area contributed by atoms with Crippen molar-refractivity contribution in [2.45, 2.75) is 70.8 Å². The van der Waals surface area contributed by atoms with Gasteiger partial charge in [0.25, 0.3) is 0 Å². The number of hydrogen-bond donors (Lipinski definition) is 3. The maximum atomic E-state index is 13.5. The molecular weight excluding hydrogens is 494 g/mol. The second-order valence-electron chi connectivity index (χ2n) is 12.0. The largest absolute Gasteiger partial charge is 0.507 e. The Morgan fingerprint density at radius 3 is 2.28 bits per heavy atom. The van der Waals surface area contributed by atoms with E-state index in [2.05, 4.69) is 33.8 Å². The lowest BCUT2D eigenvalue weighted by Crippen LogP contribution is -2.41. The van der Waals surface area contributed by atoms with Crippen LogP contribution in [0.25, 0.3) is 11.6 Å². The maximum Gasteiger partial charge on any atom is 0.339 e. The fraction of sp³-hybridized carbons (Fsp3) is 0.406. The molecule has 1 aliphatic carbocycles. The van der Waals surface area contributed by atoms with E-state index in [1.165, 1.54) is 29.3 Å². The van der Waals surface area contributed by atoms with Crippen LogP contribution < -0.4 is 0 Å². The lowest BCUT2D eigenvalue weighted by atomic mass is 9.61. The number of hydrogen-bond acceptors (Lipinski definition) is 5. The fourth-order valence-electron chi connectivity index (χ4n) is 5.72. The van der Waals surface area contributed by atoms with Gasteiger partial charge in [-0.25, -0.2) is 4.79 Å². The number of carboxylic acid groups (broad SMARTS) is 2. The SMILES string of the molecule is CC(C(=O)O)N1CC=C(c2cc(C(=O)C=Cc3ccc(C(=O)O)c(O)c3)cc3c2C(C)(C)CCC3(C)C)CC1. The zero-order valence-corrected chi connectivity index (χ0v) is 23.2. The molecule has 1 aliphatic heterocycles. The lowest BCUT2D eigenvalue weighted by molar-refractivity contribution is -0.142. The Kier molecular flexibility index (Phi) is 7.59. The molecule has 2 aliphatic rings. The first-order valence-electron chi connectivity index (χ1n) is 13.4. The van der Waals surface area contributed by atoms with Crippen LogP contribution in [0.5, 0.6) is 5.75 Å². The summed E-state index contributed by atoms with van der Waals surface area (Å²) in [5.74, 6) is -2.59. The van der Waals surface area contributed by atoms with Crippen molar-refractivity contribution in [3.63, 3.8) is 0 Å². The normalized spacial score (nSPS) is 19.3. The minimum absolute atomic E-state index is 0.0760. The number of carbonyl (C=O) groups is 3. The molecule has 1 atom stereocenters. The zero-order chi connectivity index (χ0) is 28.7. The summed E-state index contributed by atoms with van der Waals surface area (Å²) in [4.78, 5) is 38.1. The molecule has 1 unspecified atom stereocenters. The minimum atomic E-state index is -1.22. The molecule has 0 radical (unpaired) electrons. The number of fused-ring (bicyclic) bond motifs is 1. The van der Waals surface area contributed by atoms with Gasteiger partial charge in [-0.05, 0) is 95.2 Å². The van der Waals surface area contributed by atoms with Crippen molar-refractivity contribution in [2.24, 2.45) is 0 Å². The molecule has 1 heterocycles. The topological polar surface area (TPSA) is 115 Å². The summed E-state index contributed by atoms with van der Waals surface area (Å²) in [6, 6.07) is 7.62. The third kappa shape index (κ3) is 5.69. The van der Waals surface area contributed by atoms with E-state index in [1.807, 2.05) is 17.0 Å². The summed E-state index contributed by atoms with van der Waals surface area (Å²) < 4.78 is 0. The number of aliphatic carboxylic acids is 1. The van der Waals surface area contributed by atoms with Crippen LogP contribution in [0.4, 0.5) is 0 Å². The Morgan fingerprint density at radius 1 is 1.00 bits per heavy atom. The molecule has 7 nitrogen and oxygen atoms in total. The van der Waals surface area contributed by atoms with E-state index in [4.69, 9.17) is 5.11 Å². The van der Waals surface area contributed by atoms with E-state index < -0.39 is 18.0 Å². The number of carboxylic acids is 2. The van der Waals surface area contributed by atoms with Crippen LogP contribution in [-0.2, 0) is 15.6 Å². The van der Waals surface area contributed by atoms with Gasteiger partial charge in [0.05, 0.1) is 0 Å². The highest BCUT2D eigenvalue weighted by molar-refractivity contribution is 6.07. The average molecular weight is 532 g/mol. The molecule has 0 fully saturated rings. The number of benzene rings is 2. The molecule has 2 aromatic rings. The van der Waals surface area contributed by atoms with Gasteiger partial charge < -0.3 is 15.3 Å². The van der Waals surface area contributed by atoms with Crippen LogP contribution in [0.15, 0.2) is 42.5 Å². The first-order valence-corrected chi connectivity index (χ1v) is 13.4. The fourth-order valence-corrected chi connectivity index (χ4v) is 5.72. The van der Waals surface area contributed by atoms with Crippen LogP contribution in [0, 0.1) is 0 Å². The molecular formula is C32H37NO6. The van der Waals surface area contributed by atoms with Crippen molar-refractivity contribution in [1.29, 1.82) is 0 Å². The van der Waals surface area contributed by atoms with Gasteiger partial charge in [-0.2, -0.15) is 0 Å². The minimum Gasteiger partial charge on any atom is -0.507 e. The van der Waals surface area contributed by atoms with Crippen molar-refractivity contribution in [3.05, 3.63) is 75.9 Å². The number of allylic oxidation sites excluding steroid dienone is 1. The number of aromatic hydroxyl groups is 1. The highest BCUT2D eigenvalue weighted by Crippen LogP contribution is 2.49. The van der Waals surface area contributed by atoms with Gasteiger partial charge in [-0.1, -0.05) is 45.9 Å². The molecule has 0 saturated carbocycles. The molecule has 0 spiro atoms. The molecule has 39 heavy (non-hydrogen) atoms. The molecule has 0 saturated heterocycles. The van der Waals surface area contributed by atoms with Crippen molar-refractivity contribution < 1.29 is 29.7 Å². The summed E-state index contributed by atoms with van der Waals surface area (Å²) in [5.41, 5.74) is 5.34. The van der Waals surface area contributed by atoms with E-state index >= 15 is 0 Å².